The summed E-state index contributed by atoms with van der Waals surface area (Å²) in [5.74, 6) is 0.955. The van der Waals surface area contributed by atoms with Gasteiger partial charge in [0.15, 0.2) is 0 Å². The highest BCUT2D eigenvalue weighted by Crippen LogP contribution is 2.31. The smallest absolute Gasteiger partial charge is 0.254 e. The van der Waals surface area contributed by atoms with E-state index >= 15 is 0 Å². The van der Waals surface area contributed by atoms with Gasteiger partial charge in [0.05, 0.1) is 16.6 Å². The monoisotopic (exact) mass is 404 g/mol. The van der Waals surface area contributed by atoms with Crippen LogP contribution in [0.4, 0.5) is 0 Å². The number of piperidine rings is 1. The van der Waals surface area contributed by atoms with Crippen molar-refractivity contribution in [1.82, 2.24) is 20.0 Å². The molecule has 0 spiro atoms. The van der Waals surface area contributed by atoms with Crippen LogP contribution in [0.2, 0.25) is 10.0 Å². The van der Waals surface area contributed by atoms with Gasteiger partial charge in [0.2, 0.25) is 11.7 Å². The lowest BCUT2D eigenvalue weighted by atomic mass is 9.92. The van der Waals surface area contributed by atoms with Crippen LogP contribution < -0.4 is 0 Å². The quantitative estimate of drug-likeness (QED) is 0.681. The van der Waals surface area contributed by atoms with Gasteiger partial charge >= 0.3 is 0 Å². The molecule has 0 bridgehead atoms. The Morgan fingerprint density at radius 1 is 1.26 bits per heavy atom. The second kappa shape index (κ2) is 7.37. The molecule has 1 fully saturated rings. The largest absolute Gasteiger partial charge is 0.357 e. The number of hydrogen-bond acceptors (Lipinski definition) is 4. The van der Waals surface area contributed by atoms with Gasteiger partial charge in [-0.05, 0) is 44.0 Å². The molecule has 1 N–H and O–H groups in total. The summed E-state index contributed by atoms with van der Waals surface area (Å²) in [6, 6.07) is 8.90. The minimum Gasteiger partial charge on any atom is -0.357 e. The lowest BCUT2D eigenvalue weighted by Gasteiger charge is -2.36. The number of rotatable bonds is 3. The average Bonchev–Trinajstić information content (AvgIpc) is 3.30. The van der Waals surface area contributed by atoms with Crippen LogP contribution in [0.15, 0.2) is 41.1 Å². The van der Waals surface area contributed by atoms with Gasteiger partial charge in [0.1, 0.15) is 0 Å². The number of benzene rings is 1. The van der Waals surface area contributed by atoms with Gasteiger partial charge in [0, 0.05) is 29.4 Å². The molecule has 4 rings (SSSR count). The molecule has 0 radical (unpaired) electrons. The first-order chi connectivity index (χ1) is 13.0. The number of H-pyrrole nitrogens is 1. The third kappa shape index (κ3) is 3.73. The molecule has 140 valence electrons. The first-order valence-corrected chi connectivity index (χ1v) is 9.51. The van der Waals surface area contributed by atoms with E-state index in [1.165, 1.54) is 0 Å². The molecule has 3 aromatic rings. The Labute approximate surface area is 166 Å². The van der Waals surface area contributed by atoms with Crippen LogP contribution in [0.25, 0.3) is 11.5 Å². The summed E-state index contributed by atoms with van der Waals surface area (Å²) in [5.41, 5.74) is 1.29. The molecule has 0 aliphatic carbocycles. The van der Waals surface area contributed by atoms with E-state index in [0.717, 1.165) is 12.8 Å². The zero-order valence-corrected chi connectivity index (χ0v) is 16.2. The van der Waals surface area contributed by atoms with Crippen LogP contribution in [-0.4, -0.2) is 38.5 Å². The lowest BCUT2D eigenvalue weighted by molar-refractivity contribution is 0.0593. The molecule has 8 heteroatoms. The lowest BCUT2D eigenvalue weighted by Crippen LogP contribution is -2.44. The van der Waals surface area contributed by atoms with Crippen molar-refractivity contribution in [2.45, 2.75) is 31.7 Å². The molecule has 0 saturated carbocycles. The van der Waals surface area contributed by atoms with Gasteiger partial charge in [0.25, 0.3) is 5.91 Å². The summed E-state index contributed by atoms with van der Waals surface area (Å²) in [7, 11) is 0. The van der Waals surface area contributed by atoms with Crippen molar-refractivity contribution in [3.63, 3.8) is 0 Å². The Kier molecular flexibility index (Phi) is 4.93. The van der Waals surface area contributed by atoms with Crippen LogP contribution >= 0.6 is 23.2 Å². The average molecular weight is 405 g/mol. The van der Waals surface area contributed by atoms with Crippen molar-refractivity contribution in [2.75, 3.05) is 6.54 Å². The van der Waals surface area contributed by atoms with E-state index in [4.69, 9.17) is 27.7 Å². The molecule has 1 aliphatic rings. The Morgan fingerprint density at radius 3 is 2.85 bits per heavy atom. The maximum absolute atomic E-state index is 12.9. The number of halogens is 2. The van der Waals surface area contributed by atoms with Crippen LogP contribution in [0.1, 0.15) is 41.9 Å². The maximum Gasteiger partial charge on any atom is 0.254 e. The minimum atomic E-state index is -0.0365. The van der Waals surface area contributed by atoms with Gasteiger partial charge in [-0.25, -0.2) is 0 Å². The SMILES string of the molecule is C[C@@H]1CC[C@H](c2nc(-c3cc(Cl)c[nH]3)no2)CN1C(=O)c1cccc(Cl)c1. The standard InChI is InChI=1S/C19H18Cl2N4O2/c1-11-5-6-13(10-25(11)19(26)12-3-2-4-14(20)7-12)18-23-17(24-27-18)16-8-15(21)9-22-16/h2-4,7-9,11,13,22H,5-6,10H2,1H3/t11-,13+/m1/s1. The Bertz CT molecular complexity index is 968. The van der Waals surface area contributed by atoms with Crippen molar-refractivity contribution in [3.05, 3.63) is 58.0 Å². The molecule has 6 nitrogen and oxygen atoms in total. The highest BCUT2D eigenvalue weighted by molar-refractivity contribution is 6.31. The molecule has 27 heavy (non-hydrogen) atoms. The van der Waals surface area contributed by atoms with Crippen LogP contribution in [-0.2, 0) is 0 Å². The minimum absolute atomic E-state index is 0.00369. The highest BCUT2D eigenvalue weighted by Gasteiger charge is 2.33. The number of carbonyl (C=O) groups excluding carboxylic acids is 1. The van der Waals surface area contributed by atoms with E-state index in [1.54, 1.807) is 36.5 Å². The van der Waals surface area contributed by atoms with Gasteiger partial charge < -0.3 is 14.4 Å². The fourth-order valence-electron chi connectivity index (χ4n) is 3.39. The molecule has 3 heterocycles. The number of aromatic nitrogens is 3. The zero-order valence-electron chi connectivity index (χ0n) is 14.7. The number of nitrogens with one attached hydrogen (secondary N) is 1. The molecular weight excluding hydrogens is 387 g/mol. The number of nitrogens with zero attached hydrogens (tertiary/aromatic N) is 3. The summed E-state index contributed by atoms with van der Waals surface area (Å²) in [6.45, 7) is 2.58. The van der Waals surface area contributed by atoms with E-state index in [9.17, 15) is 4.79 Å². The first-order valence-electron chi connectivity index (χ1n) is 8.75. The van der Waals surface area contributed by atoms with Crippen molar-refractivity contribution >= 4 is 29.1 Å². The summed E-state index contributed by atoms with van der Waals surface area (Å²) in [5, 5.41) is 5.17. The number of likely N-dealkylation sites (tertiary alicyclic amines) is 1. The summed E-state index contributed by atoms with van der Waals surface area (Å²) < 4.78 is 5.47. The van der Waals surface area contributed by atoms with Gasteiger partial charge in [-0.3, -0.25) is 4.79 Å². The highest BCUT2D eigenvalue weighted by atomic mass is 35.5. The van der Waals surface area contributed by atoms with E-state index in [-0.39, 0.29) is 17.9 Å². The molecule has 1 amide bonds. The summed E-state index contributed by atoms with van der Waals surface area (Å²) in [4.78, 5) is 22.3. The Hall–Kier alpha value is -2.31. The molecule has 1 aliphatic heterocycles. The van der Waals surface area contributed by atoms with E-state index in [2.05, 4.69) is 22.0 Å². The Morgan fingerprint density at radius 2 is 2.11 bits per heavy atom. The van der Waals surface area contributed by atoms with Crippen LogP contribution in [0, 0.1) is 0 Å². The zero-order chi connectivity index (χ0) is 19.0. The molecule has 1 saturated heterocycles. The van der Waals surface area contributed by atoms with E-state index in [1.807, 2.05) is 4.90 Å². The Balaban J connectivity index is 1.54. The van der Waals surface area contributed by atoms with Gasteiger partial charge in [-0.15, -0.1) is 0 Å². The number of hydrogen-bond donors (Lipinski definition) is 1. The predicted molar refractivity (Wildman–Crippen MR) is 103 cm³/mol. The molecule has 2 aromatic heterocycles. The van der Waals surface area contributed by atoms with Crippen molar-refractivity contribution in [1.29, 1.82) is 0 Å². The third-order valence-corrected chi connectivity index (χ3v) is 5.35. The number of amides is 1. The maximum atomic E-state index is 12.9. The number of aromatic amines is 1. The molecular formula is C19H18Cl2N4O2. The fourth-order valence-corrected chi connectivity index (χ4v) is 3.74. The second-order valence-corrected chi connectivity index (χ2v) is 7.65. The predicted octanol–water partition coefficient (Wildman–Crippen LogP) is 4.78. The summed E-state index contributed by atoms with van der Waals surface area (Å²) >= 11 is 12.0. The normalized spacial score (nSPS) is 20.0. The van der Waals surface area contributed by atoms with Gasteiger partial charge in [-0.2, -0.15) is 4.98 Å². The van der Waals surface area contributed by atoms with E-state index < -0.39 is 0 Å². The third-order valence-electron chi connectivity index (χ3n) is 4.89. The van der Waals surface area contributed by atoms with Crippen LogP contribution in [0.3, 0.4) is 0 Å². The molecule has 0 unspecified atom stereocenters. The summed E-state index contributed by atoms with van der Waals surface area (Å²) in [6.07, 6.45) is 3.41. The fraction of sp³-hybridized carbons (Fsp3) is 0.316. The van der Waals surface area contributed by atoms with Crippen molar-refractivity contribution < 1.29 is 9.32 Å². The van der Waals surface area contributed by atoms with Crippen molar-refractivity contribution in [3.8, 4) is 11.5 Å². The van der Waals surface area contributed by atoms with Gasteiger partial charge in [-0.1, -0.05) is 34.4 Å². The van der Waals surface area contributed by atoms with Crippen molar-refractivity contribution in [2.24, 2.45) is 0 Å². The number of carbonyl (C=O) groups is 1. The first kappa shape index (κ1) is 18.1. The van der Waals surface area contributed by atoms with Crippen LogP contribution in [0.5, 0.6) is 0 Å². The topological polar surface area (TPSA) is 75.0 Å². The second-order valence-electron chi connectivity index (χ2n) is 6.78. The molecule has 1 aromatic carbocycles. The van der Waals surface area contributed by atoms with E-state index in [0.29, 0.717) is 39.6 Å². The molecule has 2 atom stereocenters.